The first kappa shape index (κ1) is 17.6. The van der Waals surface area contributed by atoms with Crippen molar-refractivity contribution < 1.29 is 4.79 Å². The molecule has 132 valence electrons. The molecule has 0 saturated carbocycles. The molecule has 0 radical (unpaired) electrons. The Morgan fingerprint density at radius 3 is 2.50 bits per heavy atom. The summed E-state index contributed by atoms with van der Waals surface area (Å²) in [5.74, 6) is 0. The van der Waals surface area contributed by atoms with E-state index in [1.54, 1.807) is 0 Å². The average Bonchev–Trinajstić information content (AvgIpc) is 2.79. The van der Waals surface area contributed by atoms with Crippen LogP contribution in [-0.4, -0.2) is 23.2 Å². The van der Waals surface area contributed by atoms with E-state index in [0.29, 0.717) is 0 Å². The minimum atomic E-state index is -0.0775. The Hall–Kier alpha value is -1.26. The molecule has 1 fully saturated rings. The summed E-state index contributed by atoms with van der Waals surface area (Å²) in [7, 11) is 0. The van der Waals surface area contributed by atoms with Crippen LogP contribution in [0.2, 0.25) is 5.02 Å². The third kappa shape index (κ3) is 3.86. The molecule has 0 unspecified atom stereocenters. The standard InChI is InChI=1S/C19H28ClN3O/c1-18(2)10-12(11-19(3,4)23-18)21-17(24)22-16-9-8-13-14(16)6-5-7-15(13)20/h5-7,12,16,23H,8-11H2,1-4H3,(H2,21,22,24)/t16-/m1/s1. The SMILES string of the molecule is CC1(C)CC(NC(=O)N[C@@H]2CCc3c(Cl)cccc32)CC(C)(C)N1. The molecule has 1 heterocycles. The van der Waals surface area contributed by atoms with E-state index in [9.17, 15) is 4.79 Å². The molecule has 24 heavy (non-hydrogen) atoms. The fourth-order valence-electron chi connectivity index (χ4n) is 4.57. The van der Waals surface area contributed by atoms with Gasteiger partial charge in [0.05, 0.1) is 6.04 Å². The number of piperidine rings is 1. The van der Waals surface area contributed by atoms with Crippen LogP contribution in [0.4, 0.5) is 4.79 Å². The lowest BCUT2D eigenvalue weighted by Crippen LogP contribution is -2.62. The number of halogens is 1. The van der Waals surface area contributed by atoms with Crippen LogP contribution >= 0.6 is 11.6 Å². The van der Waals surface area contributed by atoms with Gasteiger partial charge in [-0.15, -0.1) is 0 Å². The van der Waals surface area contributed by atoms with Gasteiger partial charge >= 0.3 is 6.03 Å². The van der Waals surface area contributed by atoms with Gasteiger partial charge in [-0.3, -0.25) is 0 Å². The lowest BCUT2D eigenvalue weighted by molar-refractivity contribution is 0.147. The second kappa shape index (κ2) is 6.23. The molecule has 2 amide bonds. The lowest BCUT2D eigenvalue weighted by atomic mass is 9.80. The zero-order chi connectivity index (χ0) is 17.5. The number of carbonyl (C=O) groups is 1. The van der Waals surface area contributed by atoms with Crippen molar-refractivity contribution in [2.75, 3.05) is 0 Å². The Balaban J connectivity index is 1.62. The third-order valence-electron chi connectivity index (χ3n) is 5.04. The van der Waals surface area contributed by atoms with E-state index in [0.717, 1.165) is 36.3 Å². The van der Waals surface area contributed by atoms with Crippen molar-refractivity contribution in [2.24, 2.45) is 0 Å². The van der Waals surface area contributed by atoms with Crippen LogP contribution in [-0.2, 0) is 6.42 Å². The first-order valence-electron chi connectivity index (χ1n) is 8.79. The van der Waals surface area contributed by atoms with Crippen molar-refractivity contribution in [1.29, 1.82) is 0 Å². The highest BCUT2D eigenvalue weighted by molar-refractivity contribution is 6.31. The van der Waals surface area contributed by atoms with Gasteiger partial charge in [0.1, 0.15) is 0 Å². The summed E-state index contributed by atoms with van der Waals surface area (Å²) in [6, 6.07) is 6.10. The second-order valence-corrected chi connectivity index (χ2v) is 8.92. The summed E-state index contributed by atoms with van der Waals surface area (Å²) >= 11 is 6.25. The molecule has 0 bridgehead atoms. The highest BCUT2D eigenvalue weighted by Crippen LogP contribution is 2.35. The molecule has 0 spiro atoms. The molecule has 1 saturated heterocycles. The van der Waals surface area contributed by atoms with Gasteiger partial charge in [-0.2, -0.15) is 0 Å². The van der Waals surface area contributed by atoms with Crippen LogP contribution in [0.1, 0.15) is 64.1 Å². The maximum atomic E-state index is 12.5. The van der Waals surface area contributed by atoms with Crippen LogP contribution < -0.4 is 16.0 Å². The molecule has 1 aromatic rings. The van der Waals surface area contributed by atoms with Crippen molar-refractivity contribution in [3.8, 4) is 0 Å². The lowest BCUT2D eigenvalue weighted by Gasteiger charge is -2.46. The maximum absolute atomic E-state index is 12.5. The normalized spacial score (nSPS) is 25.1. The highest BCUT2D eigenvalue weighted by Gasteiger charge is 2.38. The van der Waals surface area contributed by atoms with E-state index < -0.39 is 0 Å². The van der Waals surface area contributed by atoms with Gasteiger partial charge in [-0.25, -0.2) is 4.79 Å². The van der Waals surface area contributed by atoms with Gasteiger partial charge in [-0.1, -0.05) is 23.7 Å². The zero-order valence-corrected chi connectivity index (χ0v) is 15.8. The molecule has 3 rings (SSSR count). The quantitative estimate of drug-likeness (QED) is 0.757. The van der Waals surface area contributed by atoms with Crippen molar-refractivity contribution in [2.45, 2.75) is 76.5 Å². The van der Waals surface area contributed by atoms with Crippen molar-refractivity contribution >= 4 is 17.6 Å². The Labute approximate surface area is 149 Å². The number of hydrogen-bond acceptors (Lipinski definition) is 2. The number of fused-ring (bicyclic) bond motifs is 1. The van der Waals surface area contributed by atoms with Crippen LogP contribution in [0.25, 0.3) is 0 Å². The van der Waals surface area contributed by atoms with Gasteiger partial charge < -0.3 is 16.0 Å². The van der Waals surface area contributed by atoms with Crippen LogP contribution in [0.15, 0.2) is 18.2 Å². The Morgan fingerprint density at radius 2 is 1.83 bits per heavy atom. The van der Waals surface area contributed by atoms with Gasteiger partial charge in [-0.05, 0) is 70.6 Å². The Kier molecular flexibility index (Phi) is 4.56. The number of nitrogens with one attached hydrogen (secondary N) is 3. The number of carbonyl (C=O) groups excluding carboxylic acids is 1. The molecule has 1 aliphatic carbocycles. The minimum absolute atomic E-state index is 0.0210. The molecule has 0 aromatic heterocycles. The molecule has 4 nitrogen and oxygen atoms in total. The smallest absolute Gasteiger partial charge is 0.315 e. The number of hydrogen-bond donors (Lipinski definition) is 3. The number of rotatable bonds is 2. The molecule has 3 N–H and O–H groups in total. The molecular formula is C19H28ClN3O. The summed E-state index contributed by atoms with van der Waals surface area (Å²) in [4.78, 5) is 12.5. The largest absolute Gasteiger partial charge is 0.335 e. The van der Waals surface area contributed by atoms with Crippen LogP contribution in [0, 0.1) is 0 Å². The summed E-state index contributed by atoms with van der Waals surface area (Å²) < 4.78 is 0. The van der Waals surface area contributed by atoms with Crippen LogP contribution in [0.3, 0.4) is 0 Å². The molecule has 1 atom stereocenters. The summed E-state index contributed by atoms with van der Waals surface area (Å²) in [6.07, 6.45) is 3.69. The van der Waals surface area contributed by atoms with Gasteiger partial charge in [0.25, 0.3) is 0 Å². The average molecular weight is 350 g/mol. The predicted molar refractivity (Wildman–Crippen MR) is 98.5 cm³/mol. The predicted octanol–water partition coefficient (Wildman–Crippen LogP) is 3.94. The number of amides is 2. The molecule has 1 aromatic carbocycles. The summed E-state index contributed by atoms with van der Waals surface area (Å²) in [5.41, 5.74) is 2.37. The van der Waals surface area contributed by atoms with E-state index in [-0.39, 0.29) is 29.2 Å². The Bertz CT molecular complexity index is 625. The van der Waals surface area contributed by atoms with Crippen LogP contribution in [0.5, 0.6) is 0 Å². The summed E-state index contributed by atoms with van der Waals surface area (Å²) in [6.45, 7) is 8.76. The first-order valence-corrected chi connectivity index (χ1v) is 9.17. The van der Waals surface area contributed by atoms with E-state index in [2.05, 4.69) is 49.7 Å². The number of urea groups is 1. The molecular weight excluding hydrogens is 322 g/mol. The first-order chi connectivity index (χ1) is 11.2. The Morgan fingerprint density at radius 1 is 1.17 bits per heavy atom. The fourth-order valence-corrected chi connectivity index (χ4v) is 4.85. The highest BCUT2D eigenvalue weighted by atomic mass is 35.5. The van der Waals surface area contributed by atoms with Gasteiger partial charge in [0, 0.05) is 22.1 Å². The fraction of sp³-hybridized carbons (Fsp3) is 0.632. The maximum Gasteiger partial charge on any atom is 0.315 e. The van der Waals surface area contributed by atoms with Gasteiger partial charge in [0.15, 0.2) is 0 Å². The van der Waals surface area contributed by atoms with E-state index in [1.807, 2.05) is 12.1 Å². The summed E-state index contributed by atoms with van der Waals surface area (Å²) in [5, 5.41) is 10.8. The third-order valence-corrected chi connectivity index (χ3v) is 5.40. The minimum Gasteiger partial charge on any atom is -0.335 e. The van der Waals surface area contributed by atoms with E-state index in [1.165, 1.54) is 5.56 Å². The van der Waals surface area contributed by atoms with Crippen molar-refractivity contribution in [1.82, 2.24) is 16.0 Å². The monoisotopic (exact) mass is 349 g/mol. The van der Waals surface area contributed by atoms with Crippen molar-refractivity contribution in [3.63, 3.8) is 0 Å². The number of benzene rings is 1. The van der Waals surface area contributed by atoms with Gasteiger partial charge in [0.2, 0.25) is 0 Å². The second-order valence-electron chi connectivity index (χ2n) is 8.51. The van der Waals surface area contributed by atoms with E-state index in [4.69, 9.17) is 11.6 Å². The molecule has 1 aliphatic heterocycles. The van der Waals surface area contributed by atoms with E-state index >= 15 is 0 Å². The molecule has 2 aliphatic rings. The zero-order valence-electron chi connectivity index (χ0n) is 15.0. The van der Waals surface area contributed by atoms with Crippen molar-refractivity contribution in [3.05, 3.63) is 34.3 Å². The molecule has 5 heteroatoms. The topological polar surface area (TPSA) is 53.2 Å².